The summed E-state index contributed by atoms with van der Waals surface area (Å²) >= 11 is 6.66. The number of benzene rings is 2. The zero-order valence-electron chi connectivity index (χ0n) is 25.9. The first-order valence-electron chi connectivity index (χ1n) is 15.7. The number of carbonyl (C=O) groups excluding carboxylic acids is 1. The first-order chi connectivity index (χ1) is 21.7. The number of sulfonamides is 1. The number of nitrogens with two attached hydrogens (primary N) is 1. The van der Waals surface area contributed by atoms with Gasteiger partial charge in [-0.05, 0) is 49.6 Å². The minimum Gasteiger partial charge on any atom is -0.489 e. The third-order valence-electron chi connectivity index (χ3n) is 7.88. The van der Waals surface area contributed by atoms with Crippen LogP contribution in [0, 0.1) is 5.41 Å². The van der Waals surface area contributed by atoms with Gasteiger partial charge in [0, 0.05) is 44.5 Å². The molecule has 0 amide bonds. The molecule has 2 aromatic rings. The summed E-state index contributed by atoms with van der Waals surface area (Å²) in [5.41, 5.74) is 7.20. The lowest BCUT2D eigenvalue weighted by Crippen LogP contribution is -2.42. The van der Waals surface area contributed by atoms with Gasteiger partial charge in [-0.15, -0.1) is 0 Å². The second-order valence-electron chi connectivity index (χ2n) is 11.3. The van der Waals surface area contributed by atoms with Crippen molar-refractivity contribution < 1.29 is 22.7 Å². The van der Waals surface area contributed by atoms with E-state index in [1.807, 2.05) is 6.07 Å². The van der Waals surface area contributed by atoms with Crippen LogP contribution in [-0.4, -0.2) is 75.6 Å². The Hall–Kier alpha value is -3.57. The maximum atomic E-state index is 13.4. The molecule has 2 aromatic carbocycles. The molecule has 0 unspecified atom stereocenters. The molecule has 4 rings (SSSR count). The number of esters is 1. The summed E-state index contributed by atoms with van der Waals surface area (Å²) in [6.07, 6.45) is 12.3. The number of nitrogens with one attached hydrogen (secondary N) is 1. The molecule has 1 saturated heterocycles. The van der Waals surface area contributed by atoms with Gasteiger partial charge in [-0.2, -0.15) is 0 Å². The van der Waals surface area contributed by atoms with E-state index in [1.165, 1.54) is 31.5 Å². The van der Waals surface area contributed by atoms with Gasteiger partial charge in [0.25, 0.3) is 0 Å². The van der Waals surface area contributed by atoms with Crippen LogP contribution >= 0.6 is 11.6 Å². The van der Waals surface area contributed by atoms with Gasteiger partial charge in [-0.1, -0.05) is 61.2 Å². The van der Waals surface area contributed by atoms with E-state index in [4.69, 9.17) is 37.2 Å². The molecule has 0 radical (unpaired) electrons. The van der Waals surface area contributed by atoms with Gasteiger partial charge >= 0.3 is 5.97 Å². The van der Waals surface area contributed by atoms with Crippen molar-refractivity contribution in [1.29, 1.82) is 5.41 Å². The van der Waals surface area contributed by atoms with Crippen molar-refractivity contribution in [2.75, 3.05) is 42.8 Å². The van der Waals surface area contributed by atoms with E-state index >= 15 is 0 Å². The number of ether oxygens (including phenoxy) is 2. The van der Waals surface area contributed by atoms with Crippen molar-refractivity contribution in [2.24, 2.45) is 10.7 Å². The lowest BCUT2D eigenvalue weighted by atomic mass is 10.1. The topological polar surface area (TPSA) is 138 Å². The summed E-state index contributed by atoms with van der Waals surface area (Å²) in [4.78, 5) is 19.5. The Morgan fingerprint density at radius 2 is 1.89 bits per heavy atom. The summed E-state index contributed by atoms with van der Waals surface area (Å²) in [5.74, 6) is -0.000563. The Morgan fingerprint density at radius 1 is 1.13 bits per heavy atom. The first kappa shape index (κ1) is 34.3. The Labute approximate surface area is 271 Å². The summed E-state index contributed by atoms with van der Waals surface area (Å²) in [6, 6.07) is 11.9. The maximum absolute atomic E-state index is 13.4. The van der Waals surface area contributed by atoms with E-state index in [1.54, 1.807) is 55.5 Å². The van der Waals surface area contributed by atoms with E-state index in [2.05, 4.69) is 4.90 Å². The highest BCUT2D eigenvalue weighted by molar-refractivity contribution is 7.93. The van der Waals surface area contributed by atoms with Gasteiger partial charge in [-0.3, -0.25) is 19.5 Å². The second-order valence-corrected chi connectivity index (χ2v) is 13.6. The standard InChI is InChI=1S/C33H44ClN5O5S/c1-2-43-32(40)24-45(41,42)39(19-9-11-25-10-8-12-26(22-25)33(35)36)27-14-15-30(29(34)23-27)44-28-16-20-38(21-17-28)31-13-6-4-3-5-7-18-37-31/h8-12,14-15,22-23,28H,2-7,13,16-21,24H2,1H3,(H3,35,36). The first-order valence-corrected chi connectivity index (χ1v) is 17.7. The highest BCUT2D eigenvalue weighted by atomic mass is 35.5. The van der Waals surface area contributed by atoms with Crippen molar-refractivity contribution in [1.82, 2.24) is 4.90 Å². The summed E-state index contributed by atoms with van der Waals surface area (Å²) in [7, 11) is -4.12. The second kappa shape index (κ2) is 16.7. The number of hydrogen-bond donors (Lipinski definition) is 2. The van der Waals surface area contributed by atoms with Crippen LogP contribution in [0.25, 0.3) is 6.08 Å². The molecule has 0 spiro atoms. The monoisotopic (exact) mass is 657 g/mol. The summed E-state index contributed by atoms with van der Waals surface area (Å²) in [5, 5.41) is 7.94. The van der Waals surface area contributed by atoms with Crippen molar-refractivity contribution in [2.45, 2.75) is 64.4 Å². The number of carbonyl (C=O) groups is 1. The van der Waals surface area contributed by atoms with Crippen LogP contribution in [0.2, 0.25) is 5.02 Å². The number of nitrogen functional groups attached to an aromatic ring is 1. The van der Waals surface area contributed by atoms with Gasteiger partial charge in [-0.25, -0.2) is 8.42 Å². The Bertz CT molecular complexity index is 1490. The third kappa shape index (κ3) is 10.2. The van der Waals surface area contributed by atoms with Gasteiger partial charge in [0.15, 0.2) is 5.75 Å². The highest BCUT2D eigenvalue weighted by Gasteiger charge is 2.28. The molecule has 0 saturated carbocycles. The number of hydrogen-bond acceptors (Lipinski definition) is 8. The minimum atomic E-state index is -4.12. The van der Waals surface area contributed by atoms with Gasteiger partial charge in [0.05, 0.1) is 29.7 Å². The van der Waals surface area contributed by atoms with E-state index in [9.17, 15) is 13.2 Å². The quantitative estimate of drug-likeness (QED) is 0.181. The summed E-state index contributed by atoms with van der Waals surface area (Å²) in [6.45, 7) is 4.29. The normalized spacial score (nSPS) is 16.8. The van der Waals surface area contributed by atoms with Crippen molar-refractivity contribution in [3.63, 3.8) is 0 Å². The SMILES string of the molecule is CCOC(=O)CS(=O)(=O)N(CC=Cc1cccc(C(=N)N)c1)c1ccc(OC2CCN(C3=NCCCCCCC3)CC2)c(Cl)c1. The van der Waals surface area contributed by atoms with Gasteiger partial charge in [0.2, 0.25) is 10.0 Å². The van der Waals surface area contributed by atoms with Crippen LogP contribution in [0.1, 0.15) is 69.4 Å². The number of nitrogens with zero attached hydrogens (tertiary/aromatic N) is 3. The Morgan fingerprint density at radius 3 is 2.62 bits per heavy atom. The lowest BCUT2D eigenvalue weighted by Gasteiger charge is -2.34. The molecule has 45 heavy (non-hydrogen) atoms. The number of rotatable bonds is 11. The largest absolute Gasteiger partial charge is 0.489 e. The molecule has 0 bridgehead atoms. The fourth-order valence-electron chi connectivity index (χ4n) is 5.53. The van der Waals surface area contributed by atoms with Crippen LogP contribution in [0.3, 0.4) is 0 Å². The maximum Gasteiger partial charge on any atom is 0.323 e. The van der Waals surface area contributed by atoms with E-state index in [0.29, 0.717) is 17.0 Å². The highest BCUT2D eigenvalue weighted by Crippen LogP contribution is 2.33. The number of halogens is 1. The number of anilines is 1. The smallest absolute Gasteiger partial charge is 0.323 e. The zero-order chi connectivity index (χ0) is 32.2. The van der Waals surface area contributed by atoms with E-state index in [0.717, 1.165) is 55.2 Å². The number of piperidine rings is 1. The predicted molar refractivity (Wildman–Crippen MR) is 181 cm³/mol. The van der Waals surface area contributed by atoms with Gasteiger partial charge < -0.3 is 20.1 Å². The molecule has 3 N–H and O–H groups in total. The predicted octanol–water partition coefficient (Wildman–Crippen LogP) is 5.63. The van der Waals surface area contributed by atoms with Crippen LogP contribution in [-0.2, 0) is 19.6 Å². The average Bonchev–Trinajstić information content (AvgIpc) is 3.15. The minimum absolute atomic E-state index is 0.0149. The third-order valence-corrected chi connectivity index (χ3v) is 9.80. The molecule has 2 aliphatic rings. The number of amidine groups is 2. The van der Waals surface area contributed by atoms with Crippen molar-refractivity contribution in [3.05, 3.63) is 64.7 Å². The fourth-order valence-corrected chi connectivity index (χ4v) is 7.03. The number of likely N-dealkylation sites (tertiary alicyclic amines) is 1. The van der Waals surface area contributed by atoms with Crippen LogP contribution in [0.4, 0.5) is 5.69 Å². The lowest BCUT2D eigenvalue weighted by molar-refractivity contribution is -0.139. The van der Waals surface area contributed by atoms with Crippen LogP contribution in [0.5, 0.6) is 5.75 Å². The average molecular weight is 658 g/mol. The van der Waals surface area contributed by atoms with Crippen LogP contribution < -0.4 is 14.8 Å². The Balaban J connectivity index is 1.46. The summed E-state index contributed by atoms with van der Waals surface area (Å²) < 4.78 is 39.1. The van der Waals surface area contributed by atoms with Gasteiger partial charge in [0.1, 0.15) is 17.7 Å². The van der Waals surface area contributed by atoms with E-state index < -0.39 is 21.7 Å². The molecular weight excluding hydrogens is 614 g/mol. The Kier molecular flexibility index (Phi) is 12.7. The molecule has 244 valence electrons. The molecule has 0 aliphatic carbocycles. The molecule has 12 heteroatoms. The molecule has 2 aliphatic heterocycles. The molecule has 1 fully saturated rings. The molecule has 2 heterocycles. The zero-order valence-corrected chi connectivity index (χ0v) is 27.5. The van der Waals surface area contributed by atoms with Crippen LogP contribution in [0.15, 0.2) is 53.5 Å². The molecule has 0 aromatic heterocycles. The number of aliphatic imine (C=N–C) groups is 1. The van der Waals surface area contributed by atoms with Crippen molar-refractivity contribution >= 4 is 51.0 Å². The van der Waals surface area contributed by atoms with Crippen molar-refractivity contribution in [3.8, 4) is 5.75 Å². The molecule has 10 nitrogen and oxygen atoms in total. The fraction of sp³-hybridized carbons (Fsp3) is 0.485. The molecular formula is C33H44ClN5O5S. The van der Waals surface area contributed by atoms with E-state index in [-0.39, 0.29) is 30.1 Å². The molecule has 0 atom stereocenters.